The Morgan fingerprint density at radius 3 is 1.17 bits per heavy atom. The van der Waals surface area contributed by atoms with Gasteiger partial charge in [0, 0.05) is 0 Å². The van der Waals surface area contributed by atoms with Crippen LogP contribution in [0.3, 0.4) is 0 Å². The maximum absolute atomic E-state index is 13.6. The van der Waals surface area contributed by atoms with Crippen molar-refractivity contribution in [1.29, 1.82) is 0 Å². The Labute approximate surface area is 131 Å². The van der Waals surface area contributed by atoms with Crippen LogP contribution in [-0.2, 0) is 0 Å². The third-order valence-electron chi connectivity index (χ3n) is 2.57. The maximum atomic E-state index is 13.6. The predicted molar refractivity (Wildman–Crippen MR) is 63.9 cm³/mol. The molecule has 2 aromatic rings. The average molecular weight is 380 g/mol. The molecule has 0 N–H and O–H groups in total. The van der Waals surface area contributed by atoms with Crippen molar-refractivity contribution in [1.82, 2.24) is 0 Å². The highest BCUT2D eigenvalue weighted by atomic mass is 32.2. The van der Waals surface area contributed by atoms with E-state index >= 15 is 0 Å². The van der Waals surface area contributed by atoms with Gasteiger partial charge in [0.15, 0.2) is 46.5 Å². The first-order valence-corrected chi connectivity index (χ1v) is 6.60. The van der Waals surface area contributed by atoms with E-state index in [1.807, 2.05) is 0 Å². The Bertz CT molecular complexity index is 694. The fourth-order valence-electron chi connectivity index (χ4n) is 1.47. The molecule has 11 heteroatoms. The van der Waals surface area contributed by atoms with Crippen molar-refractivity contribution in [3.8, 4) is 0 Å². The van der Waals surface area contributed by atoms with Crippen molar-refractivity contribution in [2.45, 2.75) is 14.7 Å². The molecule has 0 spiro atoms. The lowest BCUT2D eigenvalue weighted by Gasteiger charge is -2.11. The molecule has 0 heterocycles. The molecule has 0 saturated carbocycles. The number of benzene rings is 2. The molecule has 124 valence electrons. The highest BCUT2D eigenvalue weighted by molar-refractivity contribution is 7.99. The van der Waals surface area contributed by atoms with Crippen molar-refractivity contribution < 1.29 is 39.5 Å². The average Bonchev–Trinajstić information content (AvgIpc) is 2.54. The quantitative estimate of drug-likeness (QED) is 0.316. The van der Waals surface area contributed by atoms with Gasteiger partial charge in [-0.2, -0.15) is 0 Å². The molecule has 0 aliphatic carbocycles. The van der Waals surface area contributed by atoms with Crippen LogP contribution >= 0.6 is 24.4 Å². The topological polar surface area (TPSA) is 0 Å². The molecule has 0 atom stereocenters. The first-order chi connectivity index (χ1) is 10.6. The van der Waals surface area contributed by atoms with Crippen LogP contribution in [0.25, 0.3) is 0 Å². The minimum absolute atomic E-state index is 0.527. The third-order valence-corrected chi connectivity index (χ3v) is 4.30. The minimum atomic E-state index is -2.47. The molecule has 23 heavy (non-hydrogen) atoms. The molecule has 0 aliphatic rings. The van der Waals surface area contributed by atoms with Gasteiger partial charge in [0.1, 0.15) is 0 Å². The highest BCUT2D eigenvalue weighted by Gasteiger charge is 2.30. The molecular weight excluding hydrogens is 379 g/mol. The molecule has 0 bridgehead atoms. The Kier molecular flexibility index (Phi) is 4.81. The monoisotopic (exact) mass is 380 g/mol. The van der Waals surface area contributed by atoms with Crippen LogP contribution in [0.1, 0.15) is 0 Å². The van der Waals surface area contributed by atoms with Crippen LogP contribution in [0.2, 0.25) is 0 Å². The third kappa shape index (κ3) is 2.75. The molecule has 2 aromatic carbocycles. The zero-order valence-electron chi connectivity index (χ0n) is 10.3. The first-order valence-electron chi connectivity index (χ1n) is 5.33. The molecule has 0 radical (unpaired) electrons. The van der Waals surface area contributed by atoms with E-state index in [1.54, 1.807) is 0 Å². The first kappa shape index (κ1) is 17.9. The molecule has 0 nitrogen and oxygen atoms in total. The zero-order chi connectivity index (χ0) is 17.6. The molecule has 0 saturated heterocycles. The van der Waals surface area contributed by atoms with Crippen molar-refractivity contribution in [2.75, 3.05) is 0 Å². The summed E-state index contributed by atoms with van der Waals surface area (Å²) in [6.07, 6.45) is 0. The van der Waals surface area contributed by atoms with Crippen LogP contribution in [0.5, 0.6) is 0 Å². The summed E-state index contributed by atoms with van der Waals surface area (Å²) in [5.74, 6) is -20.5. The van der Waals surface area contributed by atoms with Gasteiger partial charge in [-0.05, 0) is 0 Å². The van der Waals surface area contributed by atoms with Crippen LogP contribution in [0.4, 0.5) is 39.5 Å². The predicted octanol–water partition coefficient (Wildman–Crippen LogP) is 5.38. The van der Waals surface area contributed by atoms with E-state index in [2.05, 4.69) is 12.6 Å². The van der Waals surface area contributed by atoms with Crippen LogP contribution in [0.15, 0.2) is 14.7 Å². The van der Waals surface area contributed by atoms with Crippen LogP contribution < -0.4 is 0 Å². The highest BCUT2D eigenvalue weighted by Crippen LogP contribution is 2.41. The molecule has 0 unspecified atom stereocenters. The number of rotatable bonds is 2. The second-order valence-electron chi connectivity index (χ2n) is 3.93. The van der Waals surface area contributed by atoms with E-state index in [-0.39, 0.29) is 0 Å². The van der Waals surface area contributed by atoms with Crippen molar-refractivity contribution in [2.24, 2.45) is 0 Å². The van der Waals surface area contributed by atoms with Gasteiger partial charge in [-0.1, -0.05) is 11.8 Å². The van der Waals surface area contributed by atoms with Gasteiger partial charge in [-0.15, -0.1) is 12.6 Å². The van der Waals surface area contributed by atoms with Crippen LogP contribution in [0, 0.1) is 52.4 Å². The molecule has 0 aliphatic heterocycles. The summed E-state index contributed by atoms with van der Waals surface area (Å²) in [6.45, 7) is 0. The summed E-state index contributed by atoms with van der Waals surface area (Å²) < 4.78 is 119. The van der Waals surface area contributed by atoms with Gasteiger partial charge in [0.05, 0.1) is 14.7 Å². The second kappa shape index (κ2) is 6.19. The van der Waals surface area contributed by atoms with Crippen molar-refractivity contribution >= 4 is 24.4 Å². The van der Waals surface area contributed by atoms with Gasteiger partial charge in [-0.3, -0.25) is 0 Å². The smallest absolute Gasteiger partial charge is 0.200 e. The Balaban J connectivity index is 2.71. The van der Waals surface area contributed by atoms with Gasteiger partial charge in [0.2, 0.25) is 5.82 Å². The Hall–Kier alpha value is -1.49. The Morgan fingerprint density at radius 2 is 0.739 bits per heavy atom. The lowest BCUT2D eigenvalue weighted by atomic mass is 10.3. The van der Waals surface area contributed by atoms with Gasteiger partial charge < -0.3 is 0 Å². The minimum Gasteiger partial charge on any atom is -0.202 e. The van der Waals surface area contributed by atoms with E-state index in [1.165, 1.54) is 0 Å². The SMILES string of the molecule is Fc1c(F)c(F)c(Sc2c(F)c(F)c(F)c(F)c2S)c(F)c1F. The number of thiol groups is 1. The van der Waals surface area contributed by atoms with Gasteiger partial charge in [0.25, 0.3) is 0 Å². The number of halogens is 9. The molecule has 0 fully saturated rings. The lowest BCUT2D eigenvalue weighted by molar-refractivity contribution is 0.360. The fourth-order valence-corrected chi connectivity index (χ4v) is 2.73. The molecular formula is C12HF9S2. The normalized spacial score (nSPS) is 11.2. The molecule has 0 amide bonds. The maximum Gasteiger partial charge on any atom is 0.200 e. The summed E-state index contributed by atoms with van der Waals surface area (Å²) in [5.41, 5.74) is 0. The van der Waals surface area contributed by atoms with Crippen molar-refractivity contribution in [3.63, 3.8) is 0 Å². The summed E-state index contributed by atoms with van der Waals surface area (Å²) >= 11 is 2.79. The summed E-state index contributed by atoms with van der Waals surface area (Å²) in [4.78, 5) is -4.11. The molecule has 0 aromatic heterocycles. The van der Waals surface area contributed by atoms with Gasteiger partial charge >= 0.3 is 0 Å². The lowest BCUT2D eigenvalue weighted by Crippen LogP contribution is -2.05. The summed E-state index contributed by atoms with van der Waals surface area (Å²) in [6, 6.07) is 0. The number of hydrogen-bond acceptors (Lipinski definition) is 2. The zero-order valence-corrected chi connectivity index (χ0v) is 12.0. The van der Waals surface area contributed by atoms with Gasteiger partial charge in [-0.25, -0.2) is 39.5 Å². The number of hydrogen-bond donors (Lipinski definition) is 1. The van der Waals surface area contributed by atoms with E-state index < -0.39 is 78.8 Å². The fraction of sp³-hybridized carbons (Fsp3) is 0. The van der Waals surface area contributed by atoms with E-state index in [4.69, 9.17) is 0 Å². The van der Waals surface area contributed by atoms with Crippen molar-refractivity contribution in [3.05, 3.63) is 52.4 Å². The summed E-state index contributed by atoms with van der Waals surface area (Å²) in [7, 11) is 0. The molecule has 2 rings (SSSR count). The van der Waals surface area contributed by atoms with E-state index in [0.717, 1.165) is 0 Å². The standard InChI is InChI=1S/C12HF9S2/c13-1-3(15)7(19)11(8(20)4(1)16)23-12-9(21)5(17)2(14)6(18)10(12)22/h22H. The largest absolute Gasteiger partial charge is 0.202 e. The Morgan fingerprint density at radius 1 is 0.435 bits per heavy atom. The van der Waals surface area contributed by atoms with E-state index in [9.17, 15) is 39.5 Å². The second-order valence-corrected chi connectivity index (χ2v) is 5.40. The van der Waals surface area contributed by atoms with Crippen LogP contribution in [-0.4, -0.2) is 0 Å². The summed E-state index contributed by atoms with van der Waals surface area (Å²) in [5, 5.41) is 0. The van der Waals surface area contributed by atoms with E-state index in [0.29, 0.717) is 0 Å².